The van der Waals surface area contributed by atoms with Crippen molar-refractivity contribution in [3.8, 4) is 22.9 Å². The van der Waals surface area contributed by atoms with Gasteiger partial charge in [0.25, 0.3) is 0 Å². The molecule has 0 radical (unpaired) electrons. The number of nitrogens with one attached hydrogen (secondary N) is 1. The molecule has 0 spiro atoms. The highest BCUT2D eigenvalue weighted by Crippen LogP contribution is 2.38. The van der Waals surface area contributed by atoms with Crippen LogP contribution in [0.5, 0.6) is 11.5 Å². The number of amides is 1. The maximum absolute atomic E-state index is 12.9. The van der Waals surface area contributed by atoms with Crippen molar-refractivity contribution in [2.75, 3.05) is 32.4 Å². The Balaban J connectivity index is 1.47. The third kappa shape index (κ3) is 5.52. The number of hydrogen-bond acceptors (Lipinski definition) is 9. The number of carbonyl (C=O) groups excluding carboxylic acids is 2. The lowest BCUT2D eigenvalue weighted by Gasteiger charge is -2.11. The van der Waals surface area contributed by atoms with Crippen molar-refractivity contribution in [2.45, 2.75) is 43.7 Å². The summed E-state index contributed by atoms with van der Waals surface area (Å²) in [7, 11) is 6.39. The Morgan fingerprint density at radius 2 is 1.81 bits per heavy atom. The third-order valence-electron chi connectivity index (χ3n) is 6.12. The number of nitrogens with zero attached hydrogens (tertiary/aromatic N) is 3. The molecule has 2 heterocycles. The first-order valence-corrected chi connectivity index (χ1v) is 13.5. The molecule has 0 aliphatic heterocycles. The van der Waals surface area contributed by atoms with E-state index in [-0.39, 0.29) is 11.7 Å². The average molecular weight is 531 g/mol. The molecule has 1 aliphatic rings. The largest absolute Gasteiger partial charge is 0.493 e. The van der Waals surface area contributed by atoms with Crippen LogP contribution in [0.1, 0.15) is 46.5 Å². The molecule has 192 valence electrons. The highest BCUT2D eigenvalue weighted by atomic mass is 32.2. The normalized spacial score (nSPS) is 13.3. The number of anilines is 1. The molecule has 1 aliphatic carbocycles. The van der Waals surface area contributed by atoms with Crippen LogP contribution in [0.2, 0.25) is 0 Å². The second-order valence-electron chi connectivity index (χ2n) is 8.39. The van der Waals surface area contributed by atoms with Crippen molar-refractivity contribution in [1.82, 2.24) is 14.8 Å². The van der Waals surface area contributed by atoms with Crippen molar-refractivity contribution in [1.29, 1.82) is 0 Å². The van der Waals surface area contributed by atoms with Gasteiger partial charge in [-0.05, 0) is 49.4 Å². The minimum atomic E-state index is -0.399. The lowest BCUT2D eigenvalue weighted by molar-refractivity contribution is -0.113. The van der Waals surface area contributed by atoms with E-state index in [1.54, 1.807) is 14.2 Å². The van der Waals surface area contributed by atoms with Crippen molar-refractivity contribution in [3.63, 3.8) is 0 Å². The third-order valence-corrected chi connectivity index (χ3v) is 8.35. The number of aromatic nitrogens is 3. The van der Waals surface area contributed by atoms with E-state index < -0.39 is 5.97 Å². The predicted octanol–water partition coefficient (Wildman–Crippen LogP) is 4.74. The van der Waals surface area contributed by atoms with Crippen LogP contribution in [0.15, 0.2) is 23.4 Å². The van der Waals surface area contributed by atoms with E-state index in [1.807, 2.05) is 29.8 Å². The van der Waals surface area contributed by atoms with E-state index in [0.29, 0.717) is 33.0 Å². The fourth-order valence-corrected chi connectivity index (χ4v) is 6.29. The zero-order valence-electron chi connectivity index (χ0n) is 20.9. The molecule has 36 heavy (non-hydrogen) atoms. The fourth-order valence-electron chi connectivity index (χ4n) is 4.29. The summed E-state index contributed by atoms with van der Waals surface area (Å²) >= 11 is 2.77. The molecular weight excluding hydrogens is 500 g/mol. The number of rotatable bonds is 8. The standard InChI is InChI=1S/C25H30N4O5S2/c1-29-22(15-11-12-17(32-2)18(13-15)33-3)27-28-25(29)35-14-20(30)26-23-21(24(31)34-4)16-9-7-5-6-8-10-19(16)36-23/h11-13H,5-10,14H2,1-4H3,(H,26,30). The topological polar surface area (TPSA) is 105 Å². The lowest BCUT2D eigenvalue weighted by Crippen LogP contribution is -2.16. The van der Waals surface area contributed by atoms with Gasteiger partial charge in [0.2, 0.25) is 5.91 Å². The molecule has 0 saturated heterocycles. The number of aryl methyl sites for hydroxylation is 1. The molecule has 11 heteroatoms. The molecule has 2 aromatic heterocycles. The average Bonchev–Trinajstić information content (AvgIpc) is 3.40. The summed E-state index contributed by atoms with van der Waals surface area (Å²) in [5.74, 6) is 1.38. The highest BCUT2D eigenvalue weighted by Gasteiger charge is 2.26. The molecule has 0 saturated carbocycles. The first-order chi connectivity index (χ1) is 17.5. The van der Waals surface area contributed by atoms with Gasteiger partial charge in [-0.15, -0.1) is 21.5 Å². The van der Waals surface area contributed by atoms with Gasteiger partial charge in [0.1, 0.15) is 5.00 Å². The molecule has 4 rings (SSSR count). The molecule has 1 N–H and O–H groups in total. The molecule has 0 unspecified atom stereocenters. The summed E-state index contributed by atoms with van der Waals surface area (Å²) in [6.07, 6.45) is 6.21. The number of esters is 1. The zero-order valence-corrected chi connectivity index (χ0v) is 22.5. The Bertz CT molecular complexity index is 1250. The van der Waals surface area contributed by atoms with Crippen LogP contribution in [0, 0.1) is 0 Å². The highest BCUT2D eigenvalue weighted by molar-refractivity contribution is 7.99. The van der Waals surface area contributed by atoms with Crippen LogP contribution in [0.25, 0.3) is 11.4 Å². The van der Waals surface area contributed by atoms with Gasteiger partial charge in [0, 0.05) is 17.5 Å². The van der Waals surface area contributed by atoms with E-state index in [2.05, 4.69) is 15.5 Å². The number of carbonyl (C=O) groups is 2. The quantitative estimate of drug-likeness (QED) is 0.329. The van der Waals surface area contributed by atoms with E-state index >= 15 is 0 Å². The van der Waals surface area contributed by atoms with Gasteiger partial charge < -0.3 is 24.1 Å². The monoisotopic (exact) mass is 530 g/mol. The van der Waals surface area contributed by atoms with Gasteiger partial charge in [-0.25, -0.2) is 4.79 Å². The Morgan fingerprint density at radius 3 is 2.53 bits per heavy atom. The van der Waals surface area contributed by atoms with E-state index in [9.17, 15) is 9.59 Å². The molecule has 1 amide bonds. The van der Waals surface area contributed by atoms with E-state index in [4.69, 9.17) is 14.2 Å². The molecular formula is C25H30N4O5S2. The van der Waals surface area contributed by atoms with Crippen molar-refractivity contribution >= 4 is 40.0 Å². The summed E-state index contributed by atoms with van der Waals surface area (Å²) in [5.41, 5.74) is 2.35. The van der Waals surface area contributed by atoms with Crippen LogP contribution >= 0.6 is 23.1 Å². The van der Waals surface area contributed by atoms with Gasteiger partial charge in [0.15, 0.2) is 22.5 Å². The van der Waals surface area contributed by atoms with Crippen LogP contribution in [-0.4, -0.2) is 53.7 Å². The van der Waals surface area contributed by atoms with Crippen LogP contribution in [-0.2, 0) is 29.4 Å². The minimum Gasteiger partial charge on any atom is -0.493 e. The number of benzene rings is 1. The number of fused-ring (bicyclic) bond motifs is 1. The Kier molecular flexibility index (Phi) is 8.52. The smallest absolute Gasteiger partial charge is 0.341 e. The van der Waals surface area contributed by atoms with Gasteiger partial charge in [-0.2, -0.15) is 0 Å². The number of thioether (sulfide) groups is 1. The first-order valence-electron chi connectivity index (χ1n) is 11.7. The fraction of sp³-hybridized carbons (Fsp3) is 0.440. The molecule has 0 fully saturated rings. The molecule has 1 aromatic carbocycles. The molecule has 3 aromatic rings. The van der Waals surface area contributed by atoms with E-state index in [1.165, 1.54) is 41.5 Å². The number of methoxy groups -OCH3 is 3. The summed E-state index contributed by atoms with van der Waals surface area (Å²) in [5, 5.41) is 12.7. The van der Waals surface area contributed by atoms with Gasteiger partial charge >= 0.3 is 5.97 Å². The number of ether oxygens (including phenoxy) is 3. The van der Waals surface area contributed by atoms with Gasteiger partial charge in [-0.3, -0.25) is 4.79 Å². The van der Waals surface area contributed by atoms with Crippen LogP contribution in [0.4, 0.5) is 5.00 Å². The predicted molar refractivity (Wildman–Crippen MR) is 140 cm³/mol. The molecule has 9 nitrogen and oxygen atoms in total. The van der Waals surface area contributed by atoms with Crippen LogP contribution < -0.4 is 14.8 Å². The Morgan fingerprint density at radius 1 is 1.06 bits per heavy atom. The van der Waals surface area contributed by atoms with Gasteiger partial charge in [0.05, 0.1) is 32.6 Å². The summed E-state index contributed by atoms with van der Waals surface area (Å²) in [4.78, 5) is 26.6. The lowest BCUT2D eigenvalue weighted by atomic mass is 9.96. The molecule has 0 bridgehead atoms. The minimum absolute atomic E-state index is 0.126. The van der Waals surface area contributed by atoms with Crippen molar-refractivity contribution in [2.24, 2.45) is 7.05 Å². The number of hydrogen-bond donors (Lipinski definition) is 1. The summed E-state index contributed by atoms with van der Waals surface area (Å²) in [6, 6.07) is 5.53. The second kappa shape index (κ2) is 11.8. The SMILES string of the molecule is COC(=O)c1c(NC(=O)CSc2nnc(-c3ccc(OC)c(OC)c3)n2C)sc2c1CCCCCC2. The zero-order chi connectivity index (χ0) is 25.7. The molecule has 0 atom stereocenters. The Hall–Kier alpha value is -3.05. The maximum atomic E-state index is 12.9. The second-order valence-corrected chi connectivity index (χ2v) is 10.4. The van der Waals surface area contributed by atoms with Crippen molar-refractivity contribution < 1.29 is 23.8 Å². The van der Waals surface area contributed by atoms with E-state index in [0.717, 1.165) is 43.2 Å². The van der Waals surface area contributed by atoms with Gasteiger partial charge in [-0.1, -0.05) is 24.6 Å². The maximum Gasteiger partial charge on any atom is 0.341 e. The first kappa shape index (κ1) is 26.0. The Labute approximate surface area is 218 Å². The van der Waals surface area contributed by atoms with Crippen LogP contribution in [0.3, 0.4) is 0 Å². The van der Waals surface area contributed by atoms with Crippen molar-refractivity contribution in [3.05, 3.63) is 34.2 Å². The summed E-state index contributed by atoms with van der Waals surface area (Å²) in [6.45, 7) is 0. The summed E-state index contributed by atoms with van der Waals surface area (Å²) < 4.78 is 17.6. The number of thiophene rings is 1.